The highest BCUT2D eigenvalue weighted by Crippen LogP contribution is 2.25. The van der Waals surface area contributed by atoms with Gasteiger partial charge in [-0.05, 0) is 57.9 Å². The Labute approximate surface area is 174 Å². The normalized spacial score (nSPS) is 11.3. The van der Waals surface area contributed by atoms with Gasteiger partial charge in [0.15, 0.2) is 0 Å². The van der Waals surface area contributed by atoms with Gasteiger partial charge < -0.3 is 15.2 Å². The van der Waals surface area contributed by atoms with E-state index in [0.717, 1.165) is 6.07 Å². The summed E-state index contributed by atoms with van der Waals surface area (Å²) in [7, 11) is 1.62. The number of hydrogen-bond acceptors (Lipinski definition) is 3. The molecule has 0 spiro atoms. The van der Waals surface area contributed by atoms with Crippen molar-refractivity contribution in [3.63, 3.8) is 0 Å². The van der Waals surface area contributed by atoms with E-state index in [1.54, 1.807) is 20.9 Å². The molecule has 0 aliphatic rings. The molecule has 0 radical (unpaired) electrons. The molecule has 0 saturated heterocycles. The first-order valence-electron chi connectivity index (χ1n) is 9.18. The van der Waals surface area contributed by atoms with E-state index in [0.29, 0.717) is 23.4 Å². The lowest BCUT2D eigenvalue weighted by atomic mass is 10.0. The number of aromatic nitrogens is 1. The van der Waals surface area contributed by atoms with Crippen LogP contribution in [0.5, 0.6) is 0 Å². The Morgan fingerprint density at radius 3 is 2.38 bits per heavy atom. The van der Waals surface area contributed by atoms with E-state index in [-0.39, 0.29) is 16.3 Å². The van der Waals surface area contributed by atoms with Crippen LogP contribution in [0.3, 0.4) is 0 Å². The van der Waals surface area contributed by atoms with Crippen LogP contribution in [0.25, 0.3) is 0 Å². The van der Waals surface area contributed by atoms with Crippen LogP contribution in [0.15, 0.2) is 18.2 Å². The van der Waals surface area contributed by atoms with Gasteiger partial charge in [0.25, 0.3) is 17.6 Å². The van der Waals surface area contributed by atoms with Crippen molar-refractivity contribution >= 4 is 34.9 Å². The third-order valence-corrected chi connectivity index (χ3v) is 5.38. The third-order valence-electron chi connectivity index (χ3n) is 5.09. The summed E-state index contributed by atoms with van der Waals surface area (Å²) in [6.45, 7) is 8.87. The number of carbonyl (C=O) groups excluding carboxylic acids is 3. The summed E-state index contributed by atoms with van der Waals surface area (Å²) in [4.78, 5) is 38.0. The highest BCUT2D eigenvalue weighted by Gasteiger charge is 2.30. The number of hydrogen-bond donors (Lipinski definition) is 2. The molecule has 156 valence electrons. The minimum Gasteiger partial charge on any atom is -0.344 e. The summed E-state index contributed by atoms with van der Waals surface area (Å²) in [6, 6.07) is 3.84. The molecular formula is C21H25ClFN3O3. The van der Waals surface area contributed by atoms with E-state index in [1.807, 2.05) is 20.8 Å². The SMILES string of the molecule is CCC(C)(C)NC(=O)C(=O)c1c(C)c(C(=O)Nc2ccc(F)c(Cl)c2)c(C)n1C. The number of ketones is 1. The van der Waals surface area contributed by atoms with E-state index in [4.69, 9.17) is 11.6 Å². The monoisotopic (exact) mass is 421 g/mol. The molecule has 0 unspecified atom stereocenters. The molecular weight excluding hydrogens is 397 g/mol. The van der Waals surface area contributed by atoms with E-state index in [9.17, 15) is 18.8 Å². The van der Waals surface area contributed by atoms with Gasteiger partial charge in [0.05, 0.1) is 16.3 Å². The lowest BCUT2D eigenvalue weighted by Crippen LogP contribution is -2.46. The van der Waals surface area contributed by atoms with Gasteiger partial charge in [0.2, 0.25) is 0 Å². The minimum absolute atomic E-state index is 0.115. The fourth-order valence-corrected chi connectivity index (χ4v) is 3.14. The molecule has 0 fully saturated rings. The van der Waals surface area contributed by atoms with Crippen molar-refractivity contribution in [1.29, 1.82) is 0 Å². The zero-order valence-electron chi connectivity index (χ0n) is 17.4. The predicted molar refractivity (Wildman–Crippen MR) is 111 cm³/mol. The second-order valence-corrected chi connectivity index (χ2v) is 8.00. The Kier molecular flexibility index (Phi) is 6.53. The standard InChI is InChI=1S/C21H25ClFN3O3/c1-7-21(4,5)25-20(29)18(27)17-11(2)16(12(3)26(17)6)19(28)24-13-8-9-15(23)14(22)10-13/h8-10H,7H2,1-6H3,(H,24,28)(H,25,29). The maximum absolute atomic E-state index is 13.3. The van der Waals surface area contributed by atoms with Crippen molar-refractivity contribution in [1.82, 2.24) is 9.88 Å². The number of amides is 2. The van der Waals surface area contributed by atoms with Crippen LogP contribution in [0.1, 0.15) is 59.3 Å². The van der Waals surface area contributed by atoms with Gasteiger partial charge in [0.1, 0.15) is 5.82 Å². The number of anilines is 1. The minimum atomic E-state index is -0.724. The third kappa shape index (κ3) is 4.67. The Hall–Kier alpha value is -2.67. The number of nitrogens with one attached hydrogen (secondary N) is 2. The van der Waals surface area contributed by atoms with Gasteiger partial charge in [0, 0.05) is 24.0 Å². The van der Waals surface area contributed by atoms with E-state index in [1.165, 1.54) is 16.7 Å². The molecule has 1 aromatic heterocycles. The van der Waals surface area contributed by atoms with Gasteiger partial charge in [-0.25, -0.2) is 4.39 Å². The van der Waals surface area contributed by atoms with E-state index >= 15 is 0 Å². The molecule has 2 amide bonds. The van der Waals surface area contributed by atoms with Crippen LogP contribution in [-0.2, 0) is 11.8 Å². The average Bonchev–Trinajstić information content (AvgIpc) is 2.86. The van der Waals surface area contributed by atoms with Gasteiger partial charge in [-0.3, -0.25) is 14.4 Å². The van der Waals surface area contributed by atoms with Crippen LogP contribution >= 0.6 is 11.6 Å². The maximum atomic E-state index is 13.3. The molecule has 2 rings (SSSR count). The topological polar surface area (TPSA) is 80.2 Å². The Bertz CT molecular complexity index is 996. The van der Waals surface area contributed by atoms with Crippen molar-refractivity contribution in [3.8, 4) is 0 Å². The Morgan fingerprint density at radius 1 is 1.21 bits per heavy atom. The lowest BCUT2D eigenvalue weighted by Gasteiger charge is -2.24. The number of Topliss-reactive ketones (excluding diaryl/α,β-unsaturated/α-hetero) is 1. The molecule has 0 aliphatic heterocycles. The van der Waals surface area contributed by atoms with E-state index in [2.05, 4.69) is 10.6 Å². The zero-order valence-corrected chi connectivity index (χ0v) is 18.1. The van der Waals surface area contributed by atoms with Gasteiger partial charge in [-0.15, -0.1) is 0 Å². The molecule has 2 N–H and O–H groups in total. The second-order valence-electron chi connectivity index (χ2n) is 7.60. The number of rotatable bonds is 6. The van der Waals surface area contributed by atoms with Crippen LogP contribution in [-0.4, -0.2) is 27.7 Å². The van der Waals surface area contributed by atoms with Crippen molar-refractivity contribution < 1.29 is 18.8 Å². The molecule has 29 heavy (non-hydrogen) atoms. The van der Waals surface area contributed by atoms with Gasteiger partial charge in [-0.1, -0.05) is 18.5 Å². The lowest BCUT2D eigenvalue weighted by molar-refractivity contribution is -0.118. The molecule has 8 heteroatoms. The Balaban J connectivity index is 2.36. The number of halogens is 2. The fourth-order valence-electron chi connectivity index (χ4n) is 2.96. The summed E-state index contributed by atoms with van der Waals surface area (Å²) in [6.07, 6.45) is 0.658. The van der Waals surface area contributed by atoms with Crippen molar-refractivity contribution in [3.05, 3.63) is 51.6 Å². The molecule has 0 aliphatic carbocycles. The summed E-state index contributed by atoms with van der Waals surface area (Å²) >= 11 is 5.76. The first-order chi connectivity index (χ1) is 13.4. The molecule has 1 aromatic carbocycles. The summed E-state index contributed by atoms with van der Waals surface area (Å²) in [5.41, 5.74) is 1.14. The second kappa shape index (κ2) is 8.37. The average molecular weight is 422 g/mol. The number of carbonyl (C=O) groups is 3. The Morgan fingerprint density at radius 2 is 1.83 bits per heavy atom. The van der Waals surface area contributed by atoms with Crippen LogP contribution in [0, 0.1) is 19.7 Å². The highest BCUT2D eigenvalue weighted by molar-refractivity contribution is 6.43. The van der Waals surface area contributed by atoms with Gasteiger partial charge >= 0.3 is 0 Å². The zero-order chi connectivity index (χ0) is 22.1. The van der Waals surface area contributed by atoms with Crippen molar-refractivity contribution in [2.24, 2.45) is 7.05 Å². The number of nitrogens with zero attached hydrogens (tertiary/aromatic N) is 1. The van der Waals surface area contributed by atoms with Crippen molar-refractivity contribution in [2.45, 2.75) is 46.6 Å². The van der Waals surface area contributed by atoms with Crippen LogP contribution in [0.4, 0.5) is 10.1 Å². The van der Waals surface area contributed by atoms with Crippen LogP contribution < -0.4 is 10.6 Å². The number of benzene rings is 1. The smallest absolute Gasteiger partial charge is 0.294 e. The van der Waals surface area contributed by atoms with Gasteiger partial charge in [-0.2, -0.15) is 0 Å². The summed E-state index contributed by atoms with van der Waals surface area (Å²) in [5, 5.41) is 5.25. The molecule has 6 nitrogen and oxygen atoms in total. The van der Waals surface area contributed by atoms with Crippen LogP contribution in [0.2, 0.25) is 5.02 Å². The van der Waals surface area contributed by atoms with E-state index < -0.39 is 29.0 Å². The molecule has 1 heterocycles. The fraction of sp³-hybridized carbons (Fsp3) is 0.381. The molecule has 2 aromatic rings. The highest BCUT2D eigenvalue weighted by atomic mass is 35.5. The molecule has 0 saturated carbocycles. The maximum Gasteiger partial charge on any atom is 0.294 e. The summed E-state index contributed by atoms with van der Waals surface area (Å²) in [5.74, 6) is -2.51. The summed E-state index contributed by atoms with van der Waals surface area (Å²) < 4.78 is 14.9. The first kappa shape index (κ1) is 22.6. The van der Waals surface area contributed by atoms with Crippen molar-refractivity contribution in [2.75, 3.05) is 5.32 Å². The first-order valence-corrected chi connectivity index (χ1v) is 9.56. The largest absolute Gasteiger partial charge is 0.344 e. The quantitative estimate of drug-likeness (QED) is 0.542. The molecule has 0 atom stereocenters. The molecule has 0 bridgehead atoms. The predicted octanol–water partition coefficient (Wildman–Crippen LogP) is 4.17.